The Morgan fingerprint density at radius 3 is 2.40 bits per heavy atom. The zero-order valence-corrected chi connectivity index (χ0v) is 30.2. The second kappa shape index (κ2) is 14.3. The van der Waals surface area contributed by atoms with E-state index in [1.165, 1.54) is 0 Å². The summed E-state index contributed by atoms with van der Waals surface area (Å²) in [5.74, 6) is -3.24. The summed E-state index contributed by atoms with van der Waals surface area (Å²) in [6, 6.07) is 0. The van der Waals surface area contributed by atoms with Crippen LogP contribution in [0, 0.1) is 28.6 Å². The van der Waals surface area contributed by atoms with Gasteiger partial charge in [0.25, 0.3) is 0 Å². The Kier molecular flexibility index (Phi) is 10.7. The van der Waals surface area contributed by atoms with E-state index in [2.05, 4.69) is 6.92 Å². The maximum Gasteiger partial charge on any atom is 0.222 e. The van der Waals surface area contributed by atoms with E-state index in [9.17, 15) is 50.4 Å². The lowest BCUT2D eigenvalue weighted by Gasteiger charge is -2.59. The Morgan fingerprint density at radius 1 is 0.981 bits per heavy atom. The summed E-state index contributed by atoms with van der Waals surface area (Å²) in [6.45, 7) is 2.77. The Hall–Kier alpha value is -1.74. The fourth-order valence-corrected chi connectivity index (χ4v) is 11.1. The molecule has 18 atom stereocenters. The number of aliphatic hydroxyl groups excluding tert-OH is 8. The number of fused-ring (bicyclic) bond motifs is 7. The Morgan fingerprint density at radius 2 is 1.72 bits per heavy atom. The minimum absolute atomic E-state index is 0.0221. The fourth-order valence-electron chi connectivity index (χ4n) is 11.1. The maximum absolute atomic E-state index is 14.8. The lowest BCUT2D eigenvalue weighted by atomic mass is 9.46. The van der Waals surface area contributed by atoms with Crippen LogP contribution >= 0.6 is 0 Å². The molecular formula is C37H54O16. The SMILES string of the molecule is CCCC1O[C@@H]2C[C@H]3[C@@H]4CCC5=CC(=O)C=C[C@]5(C)[C@H]4[C@@H](O)C[C@]3(C)[C@]2(C(=O)COC2(CO)O[C@H](CO)C(O[C@@H]3OC(CO)[C@H](O)[C@@H](O)C3O)[C@H]2O)O1. The summed E-state index contributed by atoms with van der Waals surface area (Å²) in [5.41, 5.74) is -2.01. The van der Waals surface area contributed by atoms with E-state index in [1.807, 2.05) is 19.9 Å². The van der Waals surface area contributed by atoms with Crippen LogP contribution in [-0.2, 0) is 38.0 Å². The summed E-state index contributed by atoms with van der Waals surface area (Å²) in [5, 5.41) is 84.8. The molecule has 0 spiro atoms. The molecule has 0 aromatic carbocycles. The minimum Gasteiger partial charge on any atom is -0.394 e. The van der Waals surface area contributed by atoms with Crippen LogP contribution in [0.2, 0.25) is 0 Å². The maximum atomic E-state index is 14.8. The molecule has 298 valence electrons. The molecule has 0 bridgehead atoms. The third kappa shape index (κ3) is 5.87. The number of rotatable bonds is 11. The van der Waals surface area contributed by atoms with Gasteiger partial charge in [-0.05, 0) is 56.1 Å². The smallest absolute Gasteiger partial charge is 0.222 e. The molecule has 8 N–H and O–H groups in total. The number of hydrogen-bond acceptors (Lipinski definition) is 16. The molecule has 6 fully saturated rings. The van der Waals surface area contributed by atoms with E-state index in [4.69, 9.17) is 28.4 Å². The number of carbonyl (C=O) groups is 2. The van der Waals surface area contributed by atoms with Gasteiger partial charge in [-0.3, -0.25) is 9.59 Å². The number of ether oxygens (including phenoxy) is 6. The van der Waals surface area contributed by atoms with Gasteiger partial charge in [0.15, 0.2) is 29.7 Å². The zero-order chi connectivity index (χ0) is 38.2. The lowest BCUT2D eigenvalue weighted by molar-refractivity contribution is -0.319. The largest absolute Gasteiger partial charge is 0.394 e. The molecule has 16 nitrogen and oxygen atoms in total. The standard InChI is InChI=1S/C37H54O16/c1-4-5-26-50-25-11-20-19-7-6-17-10-18(41)8-9-34(17,2)27(19)21(42)12-35(20,3)37(25,53-26)24(43)15-48-36(16-40)32(47)31(23(14-39)52-36)51-33-30(46)29(45)28(44)22(13-38)49-33/h8-10,19-23,25-33,38-40,42,44-47H,4-7,11-16H2,1-3H3/t19-,20-,21-,22?,23+,25+,26?,27+,28-,29+,30?,31?,32+,33-,34-,35-,36?,37+/m0/s1. The molecule has 3 saturated heterocycles. The first-order valence-electron chi connectivity index (χ1n) is 18.8. The van der Waals surface area contributed by atoms with Crippen molar-refractivity contribution in [3.05, 3.63) is 23.8 Å². The van der Waals surface area contributed by atoms with E-state index in [0.29, 0.717) is 25.7 Å². The first kappa shape index (κ1) is 39.5. The first-order chi connectivity index (χ1) is 25.1. The Bertz CT molecular complexity index is 1470. The molecule has 0 amide bonds. The topological polar surface area (TPSA) is 251 Å². The Labute approximate surface area is 307 Å². The number of allylic oxidation sites excluding steroid dienone is 4. The lowest BCUT2D eigenvalue weighted by Crippen LogP contribution is -2.64. The molecule has 3 aliphatic heterocycles. The summed E-state index contributed by atoms with van der Waals surface area (Å²) >= 11 is 0. The molecular weight excluding hydrogens is 700 g/mol. The third-order valence-electron chi connectivity index (χ3n) is 13.7. The third-order valence-corrected chi connectivity index (χ3v) is 13.7. The average molecular weight is 755 g/mol. The van der Waals surface area contributed by atoms with E-state index in [-0.39, 0.29) is 30.0 Å². The van der Waals surface area contributed by atoms with Gasteiger partial charge in [-0.25, -0.2) is 0 Å². The highest BCUT2D eigenvalue weighted by atomic mass is 16.8. The number of carbonyl (C=O) groups excluding carboxylic acids is 2. The van der Waals surface area contributed by atoms with Crippen molar-refractivity contribution in [3.63, 3.8) is 0 Å². The second-order valence-corrected chi connectivity index (χ2v) is 16.4. The summed E-state index contributed by atoms with van der Waals surface area (Å²) < 4.78 is 36.1. The van der Waals surface area contributed by atoms with Gasteiger partial charge >= 0.3 is 0 Å². The van der Waals surface area contributed by atoms with Crippen LogP contribution in [0.5, 0.6) is 0 Å². The Balaban J connectivity index is 1.14. The van der Waals surface area contributed by atoms with Crippen molar-refractivity contribution in [2.24, 2.45) is 28.6 Å². The molecule has 53 heavy (non-hydrogen) atoms. The second-order valence-electron chi connectivity index (χ2n) is 16.4. The van der Waals surface area contributed by atoms with Crippen molar-refractivity contribution >= 4 is 11.6 Å². The zero-order valence-electron chi connectivity index (χ0n) is 30.2. The molecule has 3 saturated carbocycles. The van der Waals surface area contributed by atoms with Crippen LogP contribution in [0.4, 0.5) is 0 Å². The van der Waals surface area contributed by atoms with Crippen LogP contribution < -0.4 is 0 Å². The number of ketones is 2. The quantitative estimate of drug-likeness (QED) is 0.118. The molecule has 4 aliphatic carbocycles. The van der Waals surface area contributed by atoms with Crippen LogP contribution in [0.15, 0.2) is 23.8 Å². The monoisotopic (exact) mass is 754 g/mol. The van der Waals surface area contributed by atoms with Crippen LogP contribution in [0.3, 0.4) is 0 Å². The summed E-state index contributed by atoms with van der Waals surface area (Å²) in [6.07, 6.45) is -6.83. The minimum atomic E-state index is -2.31. The molecule has 16 heteroatoms. The van der Waals surface area contributed by atoms with Gasteiger partial charge in [0, 0.05) is 16.7 Å². The van der Waals surface area contributed by atoms with Gasteiger partial charge < -0.3 is 69.3 Å². The van der Waals surface area contributed by atoms with Crippen molar-refractivity contribution in [2.75, 3.05) is 26.4 Å². The number of aliphatic hydroxyl groups is 8. The molecule has 3 heterocycles. The molecule has 0 radical (unpaired) electrons. The molecule has 7 rings (SSSR count). The van der Waals surface area contributed by atoms with E-state index < -0.39 is 122 Å². The van der Waals surface area contributed by atoms with Crippen molar-refractivity contribution in [2.45, 2.75) is 138 Å². The fraction of sp³-hybridized carbons (Fsp3) is 0.838. The van der Waals surface area contributed by atoms with E-state index >= 15 is 0 Å². The number of hydrogen-bond donors (Lipinski definition) is 8. The molecule has 0 aromatic rings. The highest BCUT2D eigenvalue weighted by molar-refractivity contribution is 6.01. The average Bonchev–Trinajstić information content (AvgIpc) is 3.72. The van der Waals surface area contributed by atoms with Gasteiger partial charge in [-0.2, -0.15) is 0 Å². The van der Waals surface area contributed by atoms with Gasteiger partial charge in [-0.1, -0.05) is 38.8 Å². The van der Waals surface area contributed by atoms with Gasteiger partial charge in [-0.15, -0.1) is 0 Å². The van der Waals surface area contributed by atoms with Crippen LogP contribution in [0.1, 0.15) is 59.3 Å². The van der Waals surface area contributed by atoms with Gasteiger partial charge in [0.05, 0.1) is 25.4 Å². The number of Topliss-reactive ketones (excluding diaryl/α,β-unsaturated/α-hetero) is 1. The van der Waals surface area contributed by atoms with Crippen molar-refractivity contribution < 1.29 is 78.9 Å². The normalized spacial score (nSPS) is 51.8. The first-order valence-corrected chi connectivity index (χ1v) is 18.8. The van der Waals surface area contributed by atoms with Crippen molar-refractivity contribution in [1.82, 2.24) is 0 Å². The highest BCUT2D eigenvalue weighted by Gasteiger charge is 2.76. The summed E-state index contributed by atoms with van der Waals surface area (Å²) in [7, 11) is 0. The van der Waals surface area contributed by atoms with Gasteiger partial charge in [0.1, 0.15) is 55.9 Å². The van der Waals surface area contributed by atoms with Gasteiger partial charge in [0.2, 0.25) is 5.79 Å². The predicted octanol–water partition coefficient (Wildman–Crippen LogP) is -1.63. The van der Waals surface area contributed by atoms with E-state index in [1.54, 1.807) is 12.2 Å². The van der Waals surface area contributed by atoms with E-state index in [0.717, 1.165) is 12.0 Å². The molecule has 5 unspecified atom stereocenters. The van der Waals surface area contributed by atoms with Crippen LogP contribution in [0.25, 0.3) is 0 Å². The molecule has 0 aromatic heterocycles. The summed E-state index contributed by atoms with van der Waals surface area (Å²) in [4.78, 5) is 27.1. The highest BCUT2D eigenvalue weighted by Crippen LogP contribution is 2.69. The molecule has 7 aliphatic rings. The van der Waals surface area contributed by atoms with Crippen LogP contribution in [-0.4, -0.2) is 158 Å². The van der Waals surface area contributed by atoms with Crippen molar-refractivity contribution in [3.8, 4) is 0 Å². The predicted molar refractivity (Wildman–Crippen MR) is 178 cm³/mol. The van der Waals surface area contributed by atoms with Crippen molar-refractivity contribution in [1.29, 1.82) is 0 Å².